The monoisotopic (exact) mass is 332 g/mol. The molecule has 0 aromatic heterocycles. The number of aryl methyl sites for hydroxylation is 1. The Hall–Kier alpha value is -2.68. The molecule has 0 saturated carbocycles. The van der Waals surface area contributed by atoms with Gasteiger partial charge in [-0.2, -0.15) is 0 Å². The van der Waals surface area contributed by atoms with Gasteiger partial charge in [-0.05, 0) is 60.1 Å². The highest BCUT2D eigenvalue weighted by Crippen LogP contribution is 2.35. The second kappa shape index (κ2) is 6.32. The van der Waals surface area contributed by atoms with E-state index in [-0.39, 0.29) is 11.8 Å². The molecule has 4 rings (SSSR count). The first kappa shape index (κ1) is 15.8. The first-order valence-electron chi connectivity index (χ1n) is 8.75. The summed E-state index contributed by atoms with van der Waals surface area (Å²) in [7, 11) is 1.37. The van der Waals surface area contributed by atoms with Crippen LogP contribution in [-0.4, -0.2) is 18.9 Å². The van der Waals surface area contributed by atoms with Crippen LogP contribution in [-0.2, 0) is 24.0 Å². The molecule has 2 aliphatic carbocycles. The van der Waals surface area contributed by atoms with Crippen LogP contribution in [0.3, 0.4) is 0 Å². The third kappa shape index (κ3) is 2.70. The number of esters is 1. The maximum atomic E-state index is 13.0. The zero-order valence-electron chi connectivity index (χ0n) is 14.3. The summed E-state index contributed by atoms with van der Waals surface area (Å²) in [5, 5.41) is 0. The first-order chi connectivity index (χ1) is 12.2. The van der Waals surface area contributed by atoms with Crippen LogP contribution in [0.5, 0.6) is 0 Å². The molecule has 0 heterocycles. The van der Waals surface area contributed by atoms with Crippen molar-refractivity contribution in [3.8, 4) is 0 Å². The maximum absolute atomic E-state index is 13.0. The molecule has 3 heteroatoms. The van der Waals surface area contributed by atoms with Crippen molar-refractivity contribution in [2.45, 2.75) is 32.1 Å². The van der Waals surface area contributed by atoms with Crippen LogP contribution in [0.4, 0.5) is 0 Å². The Balaban J connectivity index is 1.76. The highest BCUT2D eigenvalue weighted by molar-refractivity contribution is 6.17. The summed E-state index contributed by atoms with van der Waals surface area (Å²) in [4.78, 5) is 25.0. The summed E-state index contributed by atoms with van der Waals surface area (Å²) in [6.45, 7) is 0. The number of benzene rings is 2. The highest BCUT2D eigenvalue weighted by atomic mass is 16.5. The predicted octanol–water partition coefficient (Wildman–Crippen LogP) is 4.17. The molecular weight excluding hydrogens is 312 g/mol. The fourth-order valence-electron chi connectivity index (χ4n) is 3.98. The average Bonchev–Trinajstić information content (AvgIpc) is 2.97. The van der Waals surface area contributed by atoms with Crippen molar-refractivity contribution in [1.29, 1.82) is 0 Å². The molecule has 0 aliphatic heterocycles. The van der Waals surface area contributed by atoms with Crippen molar-refractivity contribution in [3.63, 3.8) is 0 Å². The number of fused-ring (bicyclic) bond motifs is 3. The van der Waals surface area contributed by atoms with Crippen molar-refractivity contribution in [1.82, 2.24) is 0 Å². The number of rotatable bonds is 2. The summed E-state index contributed by atoms with van der Waals surface area (Å²) < 4.78 is 4.85. The molecule has 0 fully saturated rings. The van der Waals surface area contributed by atoms with Crippen molar-refractivity contribution < 1.29 is 14.3 Å². The SMILES string of the molecule is COC(=O)c1ccccc1/C=C1/Cc2ccc3c(c2C1=O)CCCC3. The number of ether oxygens (including phenoxy) is 1. The first-order valence-corrected chi connectivity index (χ1v) is 8.75. The molecule has 25 heavy (non-hydrogen) atoms. The van der Waals surface area contributed by atoms with E-state index in [9.17, 15) is 9.59 Å². The van der Waals surface area contributed by atoms with Crippen molar-refractivity contribution >= 4 is 17.8 Å². The van der Waals surface area contributed by atoms with E-state index >= 15 is 0 Å². The molecule has 0 bridgehead atoms. The fraction of sp³-hybridized carbons (Fsp3) is 0.273. The molecular formula is C22H20O3. The zero-order chi connectivity index (χ0) is 17.4. The van der Waals surface area contributed by atoms with Crippen molar-refractivity contribution in [2.24, 2.45) is 0 Å². The van der Waals surface area contributed by atoms with E-state index < -0.39 is 0 Å². The Labute approximate surface area is 147 Å². The van der Waals surface area contributed by atoms with Gasteiger partial charge in [0, 0.05) is 17.6 Å². The molecule has 2 aromatic carbocycles. The lowest BCUT2D eigenvalue weighted by Crippen LogP contribution is -2.09. The van der Waals surface area contributed by atoms with E-state index in [1.165, 1.54) is 24.7 Å². The van der Waals surface area contributed by atoms with Gasteiger partial charge < -0.3 is 4.74 Å². The minimum Gasteiger partial charge on any atom is -0.465 e. The topological polar surface area (TPSA) is 43.4 Å². The molecule has 3 nitrogen and oxygen atoms in total. The number of Topliss-reactive ketones (excluding diaryl/α,β-unsaturated/α-hetero) is 1. The number of methoxy groups -OCH3 is 1. The molecule has 2 aromatic rings. The van der Waals surface area contributed by atoms with Crippen LogP contribution < -0.4 is 0 Å². The lowest BCUT2D eigenvalue weighted by atomic mass is 9.86. The summed E-state index contributed by atoms with van der Waals surface area (Å²) in [6, 6.07) is 11.5. The number of hydrogen-bond acceptors (Lipinski definition) is 3. The van der Waals surface area contributed by atoms with E-state index in [1.54, 1.807) is 12.1 Å². The Morgan fingerprint density at radius 1 is 1.04 bits per heavy atom. The lowest BCUT2D eigenvalue weighted by Gasteiger charge is -2.18. The maximum Gasteiger partial charge on any atom is 0.338 e. The number of carbonyl (C=O) groups excluding carboxylic acids is 2. The molecule has 0 spiro atoms. The van der Waals surface area contributed by atoms with E-state index in [2.05, 4.69) is 12.1 Å². The average molecular weight is 332 g/mol. The Kier molecular flexibility index (Phi) is 4.00. The molecule has 0 unspecified atom stereocenters. The van der Waals surface area contributed by atoms with Gasteiger partial charge in [0.25, 0.3) is 0 Å². The van der Waals surface area contributed by atoms with Gasteiger partial charge in [-0.15, -0.1) is 0 Å². The van der Waals surface area contributed by atoms with Crippen molar-refractivity contribution in [2.75, 3.05) is 7.11 Å². The van der Waals surface area contributed by atoms with Crippen LogP contribution in [0.1, 0.15) is 55.8 Å². The molecule has 0 atom stereocenters. The molecule has 0 N–H and O–H groups in total. The zero-order valence-corrected chi connectivity index (χ0v) is 14.3. The lowest BCUT2D eigenvalue weighted by molar-refractivity contribution is 0.0600. The van der Waals surface area contributed by atoms with Crippen LogP contribution in [0.25, 0.3) is 6.08 Å². The minimum atomic E-state index is -0.382. The number of carbonyl (C=O) groups is 2. The van der Waals surface area contributed by atoms with Crippen LogP contribution in [0.2, 0.25) is 0 Å². The largest absolute Gasteiger partial charge is 0.465 e. The summed E-state index contributed by atoms with van der Waals surface area (Å²) >= 11 is 0. The van der Waals surface area contributed by atoms with Crippen LogP contribution in [0, 0.1) is 0 Å². The Morgan fingerprint density at radius 2 is 1.80 bits per heavy atom. The van der Waals surface area contributed by atoms with Crippen LogP contribution in [0.15, 0.2) is 42.0 Å². The second-order valence-electron chi connectivity index (χ2n) is 6.70. The Bertz CT molecular complexity index is 905. The van der Waals surface area contributed by atoms with Gasteiger partial charge in [-0.1, -0.05) is 30.3 Å². The van der Waals surface area contributed by atoms with Gasteiger partial charge in [0.2, 0.25) is 0 Å². The number of ketones is 1. The van der Waals surface area contributed by atoms with Gasteiger partial charge in [-0.3, -0.25) is 4.79 Å². The number of hydrogen-bond donors (Lipinski definition) is 0. The normalized spacial score (nSPS) is 17.3. The van der Waals surface area contributed by atoms with Gasteiger partial charge in [0.1, 0.15) is 0 Å². The van der Waals surface area contributed by atoms with Crippen molar-refractivity contribution in [3.05, 3.63) is 75.4 Å². The third-order valence-corrected chi connectivity index (χ3v) is 5.21. The minimum absolute atomic E-state index is 0.119. The summed E-state index contributed by atoms with van der Waals surface area (Å²) in [5.74, 6) is -0.263. The molecule has 2 aliphatic rings. The second-order valence-corrected chi connectivity index (χ2v) is 6.70. The van der Waals surface area contributed by atoms with E-state index in [4.69, 9.17) is 4.74 Å². The third-order valence-electron chi connectivity index (χ3n) is 5.21. The predicted molar refractivity (Wildman–Crippen MR) is 96.9 cm³/mol. The summed E-state index contributed by atoms with van der Waals surface area (Å²) in [6.07, 6.45) is 6.91. The van der Waals surface area contributed by atoms with Gasteiger partial charge in [-0.25, -0.2) is 4.79 Å². The van der Waals surface area contributed by atoms with Gasteiger partial charge >= 0.3 is 5.97 Å². The van der Waals surface area contributed by atoms with E-state index in [1.807, 2.05) is 18.2 Å². The van der Waals surface area contributed by atoms with E-state index in [0.29, 0.717) is 12.0 Å². The molecule has 0 amide bonds. The Morgan fingerprint density at radius 3 is 2.64 bits per heavy atom. The number of allylic oxidation sites excluding steroid dienone is 1. The standard InChI is InChI=1S/C22H20O3/c1-25-22(24)19-9-5-3-7-15(19)12-17-13-16-11-10-14-6-2-4-8-18(14)20(16)21(17)23/h3,5,7,9-12H,2,4,6,8,13H2,1H3/b17-12-. The highest BCUT2D eigenvalue weighted by Gasteiger charge is 2.30. The quantitative estimate of drug-likeness (QED) is 0.612. The summed E-state index contributed by atoms with van der Waals surface area (Å²) in [5.41, 5.74) is 6.59. The smallest absolute Gasteiger partial charge is 0.338 e. The molecule has 0 radical (unpaired) electrons. The van der Waals surface area contributed by atoms with Gasteiger partial charge in [0.05, 0.1) is 12.7 Å². The molecule has 126 valence electrons. The van der Waals surface area contributed by atoms with Crippen LogP contribution >= 0.6 is 0 Å². The molecule has 0 saturated heterocycles. The van der Waals surface area contributed by atoms with E-state index in [0.717, 1.165) is 41.5 Å². The van der Waals surface area contributed by atoms with Gasteiger partial charge in [0.15, 0.2) is 5.78 Å². The fourth-order valence-corrected chi connectivity index (χ4v) is 3.98.